The Morgan fingerprint density at radius 3 is 2.72 bits per heavy atom. The highest BCUT2D eigenvalue weighted by Gasteiger charge is 2.20. The standard InChI is InChI=1S/C13H27N3O2/c1-2-12(11-14)10-13(18)16-5-3-4-15(6-7-16)8-9-17/h12,17H,2-11,14H2,1H3. The molecule has 1 fully saturated rings. The number of nitrogens with two attached hydrogens (primary N) is 1. The summed E-state index contributed by atoms with van der Waals surface area (Å²) in [5.74, 6) is 0.549. The van der Waals surface area contributed by atoms with Crippen molar-refractivity contribution >= 4 is 5.91 Å². The summed E-state index contributed by atoms with van der Waals surface area (Å²) in [6.07, 6.45) is 2.53. The first-order valence-electron chi connectivity index (χ1n) is 7.02. The number of carbonyl (C=O) groups excluding carboxylic acids is 1. The van der Waals surface area contributed by atoms with E-state index in [-0.39, 0.29) is 12.5 Å². The van der Waals surface area contributed by atoms with Crippen molar-refractivity contribution < 1.29 is 9.90 Å². The summed E-state index contributed by atoms with van der Waals surface area (Å²) < 4.78 is 0. The van der Waals surface area contributed by atoms with Gasteiger partial charge in [0.15, 0.2) is 0 Å². The summed E-state index contributed by atoms with van der Waals surface area (Å²) in [7, 11) is 0. The molecule has 0 bridgehead atoms. The van der Waals surface area contributed by atoms with Gasteiger partial charge in [-0.2, -0.15) is 0 Å². The van der Waals surface area contributed by atoms with Crippen LogP contribution in [-0.2, 0) is 4.79 Å². The largest absolute Gasteiger partial charge is 0.395 e. The number of β-amino-alcohol motifs (C(OH)–C–C–N with tert-alkyl or cyclic N) is 1. The molecular formula is C13H27N3O2. The van der Waals surface area contributed by atoms with Gasteiger partial charge >= 0.3 is 0 Å². The average molecular weight is 257 g/mol. The Morgan fingerprint density at radius 2 is 2.11 bits per heavy atom. The van der Waals surface area contributed by atoms with E-state index < -0.39 is 0 Å². The number of rotatable bonds is 6. The van der Waals surface area contributed by atoms with Gasteiger partial charge in [-0.15, -0.1) is 0 Å². The van der Waals surface area contributed by atoms with Crippen LogP contribution in [0, 0.1) is 5.92 Å². The minimum atomic E-state index is 0.193. The van der Waals surface area contributed by atoms with Gasteiger partial charge in [0, 0.05) is 32.6 Å². The molecule has 0 radical (unpaired) electrons. The third-order valence-corrected chi connectivity index (χ3v) is 3.73. The first kappa shape index (κ1) is 15.4. The van der Waals surface area contributed by atoms with Gasteiger partial charge in [0.2, 0.25) is 5.91 Å². The van der Waals surface area contributed by atoms with Crippen LogP contribution >= 0.6 is 0 Å². The van der Waals surface area contributed by atoms with Crippen molar-refractivity contribution in [1.82, 2.24) is 9.80 Å². The highest BCUT2D eigenvalue weighted by atomic mass is 16.3. The van der Waals surface area contributed by atoms with Crippen LogP contribution in [0.5, 0.6) is 0 Å². The Bertz CT molecular complexity index is 244. The number of aliphatic hydroxyl groups is 1. The van der Waals surface area contributed by atoms with Crippen molar-refractivity contribution in [1.29, 1.82) is 0 Å². The molecule has 1 heterocycles. The third kappa shape index (κ3) is 4.92. The molecule has 1 rings (SSSR count). The van der Waals surface area contributed by atoms with E-state index in [0.717, 1.165) is 39.0 Å². The van der Waals surface area contributed by atoms with Gasteiger partial charge in [0.25, 0.3) is 0 Å². The summed E-state index contributed by atoms with van der Waals surface area (Å²) in [4.78, 5) is 16.3. The maximum absolute atomic E-state index is 12.1. The smallest absolute Gasteiger partial charge is 0.222 e. The van der Waals surface area contributed by atoms with Crippen molar-refractivity contribution in [2.45, 2.75) is 26.2 Å². The zero-order valence-corrected chi connectivity index (χ0v) is 11.5. The molecule has 3 N–H and O–H groups in total. The number of hydrogen-bond acceptors (Lipinski definition) is 4. The van der Waals surface area contributed by atoms with Crippen LogP contribution in [-0.4, -0.2) is 66.7 Å². The summed E-state index contributed by atoms with van der Waals surface area (Å²) in [6, 6.07) is 0. The van der Waals surface area contributed by atoms with Crippen LogP contribution in [0.25, 0.3) is 0 Å². The van der Waals surface area contributed by atoms with Crippen LogP contribution in [0.15, 0.2) is 0 Å². The lowest BCUT2D eigenvalue weighted by Gasteiger charge is -2.23. The molecule has 0 aromatic heterocycles. The van der Waals surface area contributed by atoms with Gasteiger partial charge in [0.05, 0.1) is 6.61 Å². The molecule has 18 heavy (non-hydrogen) atoms. The quantitative estimate of drug-likeness (QED) is 0.696. The number of amides is 1. The lowest BCUT2D eigenvalue weighted by atomic mass is 10.0. The fourth-order valence-corrected chi connectivity index (χ4v) is 2.36. The minimum Gasteiger partial charge on any atom is -0.395 e. The number of carbonyl (C=O) groups is 1. The Hall–Kier alpha value is -0.650. The van der Waals surface area contributed by atoms with E-state index in [1.807, 2.05) is 4.90 Å². The maximum atomic E-state index is 12.1. The van der Waals surface area contributed by atoms with Crippen LogP contribution < -0.4 is 5.73 Å². The predicted octanol–water partition coefficient (Wildman–Crippen LogP) is -0.112. The summed E-state index contributed by atoms with van der Waals surface area (Å²) >= 11 is 0. The Labute approximate surface area is 110 Å². The molecule has 1 aliphatic rings. The highest BCUT2D eigenvalue weighted by molar-refractivity contribution is 5.76. The molecule has 0 aliphatic carbocycles. The SMILES string of the molecule is CCC(CN)CC(=O)N1CCCN(CCO)CC1. The minimum absolute atomic E-state index is 0.193. The van der Waals surface area contributed by atoms with Crippen LogP contribution in [0.4, 0.5) is 0 Å². The molecule has 1 amide bonds. The van der Waals surface area contributed by atoms with Gasteiger partial charge in [-0.3, -0.25) is 9.69 Å². The molecule has 1 atom stereocenters. The first-order chi connectivity index (χ1) is 8.71. The van der Waals surface area contributed by atoms with Gasteiger partial charge < -0.3 is 15.7 Å². The average Bonchev–Trinajstić information content (AvgIpc) is 2.62. The molecule has 1 aliphatic heterocycles. The van der Waals surface area contributed by atoms with Gasteiger partial charge in [0.1, 0.15) is 0 Å². The van der Waals surface area contributed by atoms with Gasteiger partial charge in [-0.05, 0) is 25.4 Å². The normalized spacial score (nSPS) is 19.6. The molecule has 1 saturated heterocycles. The van der Waals surface area contributed by atoms with Crippen molar-refractivity contribution in [3.8, 4) is 0 Å². The number of aliphatic hydroxyl groups excluding tert-OH is 1. The summed E-state index contributed by atoms with van der Waals surface area (Å²) in [5, 5.41) is 8.93. The number of hydrogen-bond donors (Lipinski definition) is 2. The van der Waals surface area contributed by atoms with E-state index in [4.69, 9.17) is 10.8 Å². The molecule has 0 spiro atoms. The van der Waals surface area contributed by atoms with Crippen LogP contribution in [0.1, 0.15) is 26.2 Å². The highest BCUT2D eigenvalue weighted by Crippen LogP contribution is 2.11. The first-order valence-corrected chi connectivity index (χ1v) is 7.02. The van der Waals surface area contributed by atoms with Crippen LogP contribution in [0.2, 0.25) is 0 Å². The molecule has 1 unspecified atom stereocenters. The fraction of sp³-hybridized carbons (Fsp3) is 0.923. The lowest BCUT2D eigenvalue weighted by Crippen LogP contribution is -2.37. The Balaban J connectivity index is 2.39. The molecule has 106 valence electrons. The topological polar surface area (TPSA) is 69.8 Å². The van der Waals surface area contributed by atoms with E-state index >= 15 is 0 Å². The molecular weight excluding hydrogens is 230 g/mol. The van der Waals surface area contributed by atoms with E-state index in [1.54, 1.807) is 0 Å². The van der Waals surface area contributed by atoms with Crippen molar-refractivity contribution in [3.63, 3.8) is 0 Å². The molecule has 0 aromatic rings. The van der Waals surface area contributed by atoms with Gasteiger partial charge in [-0.1, -0.05) is 13.3 Å². The summed E-state index contributed by atoms with van der Waals surface area (Å²) in [6.45, 7) is 7.02. The maximum Gasteiger partial charge on any atom is 0.222 e. The Morgan fingerprint density at radius 1 is 1.33 bits per heavy atom. The van der Waals surface area contributed by atoms with Crippen molar-refractivity contribution in [2.75, 3.05) is 45.9 Å². The summed E-state index contributed by atoms with van der Waals surface area (Å²) in [5.41, 5.74) is 5.65. The second kappa shape index (κ2) is 8.45. The fourth-order valence-electron chi connectivity index (χ4n) is 2.36. The second-order valence-electron chi connectivity index (χ2n) is 5.01. The van der Waals surface area contributed by atoms with E-state index in [9.17, 15) is 4.79 Å². The molecule has 0 saturated carbocycles. The molecule has 5 heteroatoms. The predicted molar refractivity (Wildman–Crippen MR) is 72.2 cm³/mol. The van der Waals surface area contributed by atoms with Crippen LogP contribution in [0.3, 0.4) is 0 Å². The zero-order chi connectivity index (χ0) is 13.4. The van der Waals surface area contributed by atoms with E-state index in [2.05, 4.69) is 11.8 Å². The molecule has 5 nitrogen and oxygen atoms in total. The van der Waals surface area contributed by atoms with Gasteiger partial charge in [-0.25, -0.2) is 0 Å². The van der Waals surface area contributed by atoms with E-state index in [1.165, 1.54) is 0 Å². The number of nitrogens with zero attached hydrogens (tertiary/aromatic N) is 2. The lowest BCUT2D eigenvalue weighted by molar-refractivity contribution is -0.132. The van der Waals surface area contributed by atoms with E-state index in [0.29, 0.717) is 25.4 Å². The van der Waals surface area contributed by atoms with Crippen molar-refractivity contribution in [3.05, 3.63) is 0 Å². The Kier molecular flexibility index (Phi) is 7.23. The second-order valence-corrected chi connectivity index (χ2v) is 5.01. The van der Waals surface area contributed by atoms with Crippen molar-refractivity contribution in [2.24, 2.45) is 11.7 Å². The molecule has 0 aromatic carbocycles. The third-order valence-electron chi connectivity index (χ3n) is 3.73. The zero-order valence-electron chi connectivity index (χ0n) is 11.5. The monoisotopic (exact) mass is 257 g/mol.